The number of nitrogens with zero attached hydrogens (tertiary/aromatic N) is 3. The fraction of sp³-hybridized carbons (Fsp3) is 0.312. The van der Waals surface area contributed by atoms with Crippen LogP contribution >= 0.6 is 12.2 Å². The zero-order valence-corrected chi connectivity index (χ0v) is 13.7. The van der Waals surface area contributed by atoms with Crippen molar-refractivity contribution in [2.75, 3.05) is 0 Å². The van der Waals surface area contributed by atoms with E-state index in [1.807, 2.05) is 38.5 Å². The lowest BCUT2D eigenvalue weighted by atomic mass is 10.0. The maximum Gasteiger partial charge on any atom is 0.195 e. The number of rotatable bonds is 1. The van der Waals surface area contributed by atoms with Gasteiger partial charge in [-0.2, -0.15) is 5.10 Å². The number of hydrogen-bond acceptors (Lipinski definition) is 3. The first-order chi connectivity index (χ1) is 10.2. The minimum atomic E-state index is 0.620. The molecule has 0 unspecified atom stereocenters. The Balaban J connectivity index is 0.000000774. The van der Waals surface area contributed by atoms with Gasteiger partial charge in [-0.15, -0.1) is 0 Å². The highest BCUT2D eigenvalue weighted by Gasteiger charge is 2.16. The van der Waals surface area contributed by atoms with Crippen molar-refractivity contribution in [1.82, 2.24) is 19.7 Å². The number of hydrogen-bond donors (Lipinski definition) is 1. The number of pyridine rings is 1. The lowest BCUT2D eigenvalue weighted by Crippen LogP contribution is -2.01. The molecule has 0 bridgehead atoms. The molecule has 4 nitrogen and oxygen atoms in total. The summed E-state index contributed by atoms with van der Waals surface area (Å²) >= 11 is 5.18. The quantitative estimate of drug-likeness (QED) is 0.808. The largest absolute Gasteiger partial charge is 0.303 e. The zero-order valence-electron chi connectivity index (χ0n) is 12.8. The Kier molecular flexibility index (Phi) is 4.85. The molecule has 5 heteroatoms. The van der Waals surface area contributed by atoms with Crippen LogP contribution < -0.4 is 0 Å². The van der Waals surface area contributed by atoms with Gasteiger partial charge in [-0.05, 0) is 37.7 Å². The number of H-pyrrole nitrogens is 1. The van der Waals surface area contributed by atoms with Gasteiger partial charge in [0, 0.05) is 23.9 Å². The third-order valence-corrected chi connectivity index (χ3v) is 3.57. The topological polar surface area (TPSA) is 46.5 Å². The van der Waals surface area contributed by atoms with Gasteiger partial charge >= 0.3 is 0 Å². The second-order valence-electron chi connectivity index (χ2n) is 4.55. The molecule has 0 amide bonds. The van der Waals surface area contributed by atoms with E-state index in [1.54, 1.807) is 0 Å². The highest BCUT2D eigenvalue weighted by Crippen LogP contribution is 2.28. The fourth-order valence-electron chi connectivity index (χ4n) is 2.21. The van der Waals surface area contributed by atoms with Gasteiger partial charge in [-0.3, -0.25) is 10.1 Å². The minimum absolute atomic E-state index is 0.620. The molecule has 0 aliphatic heterocycles. The van der Waals surface area contributed by atoms with E-state index in [1.165, 1.54) is 0 Å². The molecule has 21 heavy (non-hydrogen) atoms. The summed E-state index contributed by atoms with van der Waals surface area (Å²) in [5.41, 5.74) is 4.16. The summed E-state index contributed by atoms with van der Waals surface area (Å²) in [6.45, 7) is 6.00. The molecule has 0 spiro atoms. The predicted octanol–water partition coefficient (Wildman–Crippen LogP) is 4.06. The fourth-order valence-corrected chi connectivity index (χ4v) is 2.34. The maximum absolute atomic E-state index is 5.18. The van der Waals surface area contributed by atoms with Crippen molar-refractivity contribution >= 4 is 23.9 Å². The summed E-state index contributed by atoms with van der Waals surface area (Å²) in [4.78, 5) is 4.58. The van der Waals surface area contributed by atoms with Gasteiger partial charge in [-0.25, -0.2) is 0 Å². The number of allylic oxidation sites excluding steroid dienone is 2. The Morgan fingerprint density at radius 3 is 2.71 bits per heavy atom. The highest BCUT2D eigenvalue weighted by atomic mass is 32.1. The lowest BCUT2D eigenvalue weighted by Gasteiger charge is -2.09. The van der Waals surface area contributed by atoms with E-state index in [-0.39, 0.29) is 0 Å². The molecule has 0 atom stereocenters. The van der Waals surface area contributed by atoms with E-state index in [0.717, 1.165) is 34.8 Å². The summed E-state index contributed by atoms with van der Waals surface area (Å²) in [5.74, 6) is 0.848. The van der Waals surface area contributed by atoms with E-state index in [2.05, 4.69) is 39.5 Å². The monoisotopic (exact) mass is 300 g/mol. The molecule has 2 heterocycles. The third kappa shape index (κ3) is 3.03. The van der Waals surface area contributed by atoms with Crippen LogP contribution in [-0.4, -0.2) is 19.7 Å². The Hall–Kier alpha value is -2.01. The van der Waals surface area contributed by atoms with Gasteiger partial charge < -0.3 is 4.57 Å². The summed E-state index contributed by atoms with van der Waals surface area (Å²) in [6.07, 6.45) is 7.20. The predicted molar refractivity (Wildman–Crippen MR) is 89.4 cm³/mol. The average molecular weight is 300 g/mol. The van der Waals surface area contributed by atoms with Crippen LogP contribution in [0, 0.1) is 11.7 Å². The van der Waals surface area contributed by atoms with E-state index < -0.39 is 0 Å². The second-order valence-corrected chi connectivity index (χ2v) is 4.94. The molecular formula is C16H20N4S. The first-order valence-corrected chi connectivity index (χ1v) is 7.54. The van der Waals surface area contributed by atoms with Crippen LogP contribution in [-0.2, 0) is 7.05 Å². The first kappa shape index (κ1) is 15.4. The van der Waals surface area contributed by atoms with E-state index in [9.17, 15) is 0 Å². The van der Waals surface area contributed by atoms with Crippen LogP contribution in [0.3, 0.4) is 0 Å². The van der Waals surface area contributed by atoms with Crippen LogP contribution in [0.25, 0.3) is 11.6 Å². The molecule has 0 aromatic carbocycles. The van der Waals surface area contributed by atoms with Crippen LogP contribution in [0.15, 0.2) is 24.3 Å². The van der Waals surface area contributed by atoms with Gasteiger partial charge in [-0.1, -0.05) is 32.1 Å². The molecular weight excluding hydrogens is 280 g/mol. The van der Waals surface area contributed by atoms with Crippen LogP contribution in [0.4, 0.5) is 0 Å². The first-order valence-electron chi connectivity index (χ1n) is 7.13. The molecule has 1 N–H and O–H groups in total. The number of fused-ring (bicyclic) bond motifs is 1. The van der Waals surface area contributed by atoms with E-state index >= 15 is 0 Å². The molecule has 1 aliphatic carbocycles. The van der Waals surface area contributed by atoms with E-state index in [0.29, 0.717) is 4.77 Å². The maximum atomic E-state index is 5.18. The molecule has 0 saturated carbocycles. The zero-order chi connectivity index (χ0) is 15.4. The number of aromatic nitrogens is 4. The Bertz CT molecular complexity index is 750. The highest BCUT2D eigenvalue weighted by molar-refractivity contribution is 7.71. The standard InChI is InChI=1S/C14H14N4S.C2H6/c1-9-7-8-10-11(5-3-4-6-12(10)15-9)13-16-17-14(19)18(13)2;1-2/h4-8H,3H2,1-2H3,(H,17,19);1-2H3. The van der Waals surface area contributed by atoms with Crippen molar-refractivity contribution < 1.29 is 0 Å². The Labute approximate surface area is 130 Å². The Morgan fingerprint density at radius 1 is 1.29 bits per heavy atom. The van der Waals surface area contributed by atoms with Crippen LogP contribution in [0.5, 0.6) is 0 Å². The lowest BCUT2D eigenvalue weighted by molar-refractivity contribution is 0.874. The smallest absolute Gasteiger partial charge is 0.195 e. The molecule has 2 aromatic heterocycles. The third-order valence-electron chi connectivity index (χ3n) is 3.21. The molecule has 0 fully saturated rings. The SMILES string of the molecule is CC.Cc1ccc2c(n1)C=CCC=C2c1n[nH]c(=S)n1C. The molecule has 1 aliphatic rings. The normalized spacial score (nSPS) is 12.9. The van der Waals surface area contributed by atoms with Crippen molar-refractivity contribution in [3.63, 3.8) is 0 Å². The van der Waals surface area contributed by atoms with Gasteiger partial charge in [0.1, 0.15) is 0 Å². The van der Waals surface area contributed by atoms with Crippen molar-refractivity contribution in [3.05, 3.63) is 51.8 Å². The van der Waals surface area contributed by atoms with Gasteiger partial charge in [0.15, 0.2) is 10.6 Å². The van der Waals surface area contributed by atoms with Gasteiger partial charge in [0.25, 0.3) is 0 Å². The molecule has 0 saturated heterocycles. The molecule has 3 rings (SSSR count). The summed E-state index contributed by atoms with van der Waals surface area (Å²) in [7, 11) is 1.92. The number of nitrogens with one attached hydrogen (secondary N) is 1. The van der Waals surface area contributed by atoms with Gasteiger partial charge in [0.05, 0.1) is 5.69 Å². The molecule has 110 valence electrons. The summed E-state index contributed by atoms with van der Waals surface area (Å²) < 4.78 is 2.51. The van der Waals surface area contributed by atoms with Crippen molar-refractivity contribution in [2.24, 2.45) is 7.05 Å². The van der Waals surface area contributed by atoms with Gasteiger partial charge in [0.2, 0.25) is 0 Å². The van der Waals surface area contributed by atoms with Crippen molar-refractivity contribution in [1.29, 1.82) is 0 Å². The number of aryl methyl sites for hydroxylation is 1. The molecule has 2 aromatic rings. The molecule has 0 radical (unpaired) electrons. The minimum Gasteiger partial charge on any atom is -0.303 e. The summed E-state index contributed by atoms with van der Waals surface area (Å²) in [6, 6.07) is 4.12. The van der Waals surface area contributed by atoms with E-state index in [4.69, 9.17) is 12.2 Å². The number of aromatic amines is 1. The van der Waals surface area contributed by atoms with Crippen LogP contribution in [0.1, 0.15) is 43.0 Å². The van der Waals surface area contributed by atoms with Crippen LogP contribution in [0.2, 0.25) is 0 Å². The van der Waals surface area contributed by atoms with Crippen molar-refractivity contribution in [3.8, 4) is 0 Å². The summed E-state index contributed by atoms with van der Waals surface area (Å²) in [5, 5.41) is 7.15. The Morgan fingerprint density at radius 2 is 2.05 bits per heavy atom. The average Bonchev–Trinajstić information content (AvgIpc) is 2.72. The van der Waals surface area contributed by atoms with Crippen molar-refractivity contribution in [2.45, 2.75) is 27.2 Å². The second kappa shape index (κ2) is 6.63.